The predicted molar refractivity (Wildman–Crippen MR) is 91.8 cm³/mol. The number of Topliss-reactive ketones (excluding diaryl/α,β-unsaturated/α-hetero) is 1. The van der Waals surface area contributed by atoms with Crippen LogP contribution in [0.15, 0.2) is 36.4 Å². The topological polar surface area (TPSA) is 26.3 Å². The molecule has 0 radical (unpaired) electrons. The lowest BCUT2D eigenvalue weighted by Gasteiger charge is -2.21. The van der Waals surface area contributed by atoms with E-state index in [-0.39, 0.29) is 11.2 Å². The summed E-state index contributed by atoms with van der Waals surface area (Å²) >= 11 is 0. The van der Waals surface area contributed by atoms with Gasteiger partial charge in [-0.25, -0.2) is 0 Å². The van der Waals surface area contributed by atoms with Crippen molar-refractivity contribution in [2.24, 2.45) is 5.41 Å². The van der Waals surface area contributed by atoms with Crippen molar-refractivity contribution in [2.75, 3.05) is 13.8 Å². The van der Waals surface area contributed by atoms with E-state index >= 15 is 0 Å². The van der Waals surface area contributed by atoms with Gasteiger partial charge in [-0.05, 0) is 36.0 Å². The van der Waals surface area contributed by atoms with Gasteiger partial charge in [0.2, 0.25) is 0 Å². The van der Waals surface area contributed by atoms with Crippen LogP contribution < -0.4 is 5.30 Å². The number of carbonyl (C=O) groups is 1. The average Bonchev–Trinajstić information content (AvgIpc) is 2.52. The summed E-state index contributed by atoms with van der Waals surface area (Å²) in [5.74, 6) is 0.214. The summed E-state index contributed by atoms with van der Waals surface area (Å²) in [6.07, 6.45) is 0.844. The zero-order valence-corrected chi connectivity index (χ0v) is 14.3. The van der Waals surface area contributed by atoms with Gasteiger partial charge in [-0.1, -0.05) is 45.0 Å². The summed E-state index contributed by atoms with van der Waals surface area (Å²) in [5.41, 5.74) is 0.495. The molecule has 0 saturated heterocycles. The third-order valence-corrected chi connectivity index (χ3v) is 5.78. The maximum atomic E-state index is 12.5. The molecule has 0 bridgehead atoms. The van der Waals surface area contributed by atoms with Crippen molar-refractivity contribution in [2.45, 2.75) is 27.2 Å². The molecule has 0 aromatic heterocycles. The summed E-state index contributed by atoms with van der Waals surface area (Å²) in [4.78, 5) is 12.5. The molecular weight excluding hydrogens is 279 g/mol. The lowest BCUT2D eigenvalue weighted by molar-refractivity contribution is 0.0833. The van der Waals surface area contributed by atoms with Crippen LogP contribution in [0.3, 0.4) is 0 Å². The minimum atomic E-state index is -0.555. The van der Waals surface area contributed by atoms with Crippen molar-refractivity contribution in [3.8, 4) is 0 Å². The highest BCUT2D eigenvalue weighted by atomic mass is 31.1. The molecule has 2 rings (SSSR count). The van der Waals surface area contributed by atoms with Gasteiger partial charge in [0.25, 0.3) is 0 Å². The molecule has 0 heterocycles. The fraction of sp³-hybridized carbons (Fsp3) is 0.389. The number of ketones is 1. The van der Waals surface area contributed by atoms with Crippen molar-refractivity contribution in [3.05, 3.63) is 42.0 Å². The van der Waals surface area contributed by atoms with Gasteiger partial charge in [-0.15, -0.1) is 0 Å². The number of hydrogen-bond donors (Lipinski definition) is 0. The summed E-state index contributed by atoms with van der Waals surface area (Å²) < 4.78 is 5.42. The van der Waals surface area contributed by atoms with E-state index in [1.165, 1.54) is 5.30 Å². The Kier molecular flexibility index (Phi) is 4.81. The van der Waals surface area contributed by atoms with Crippen LogP contribution in [0.4, 0.5) is 0 Å². The summed E-state index contributed by atoms with van der Waals surface area (Å²) in [5, 5.41) is 3.48. The highest BCUT2D eigenvalue weighted by Gasteiger charge is 2.26. The molecule has 1 unspecified atom stereocenters. The van der Waals surface area contributed by atoms with Crippen molar-refractivity contribution >= 4 is 30.0 Å². The first-order valence-electron chi connectivity index (χ1n) is 7.25. The van der Waals surface area contributed by atoms with Crippen LogP contribution >= 0.6 is 8.15 Å². The molecule has 0 N–H and O–H groups in total. The first kappa shape index (κ1) is 16.1. The molecule has 0 spiro atoms. The molecule has 112 valence electrons. The quantitative estimate of drug-likeness (QED) is 0.588. The Bertz CT molecular complexity index is 661. The van der Waals surface area contributed by atoms with E-state index in [1.807, 2.05) is 32.0 Å². The molecule has 0 aliphatic carbocycles. The summed E-state index contributed by atoms with van der Waals surface area (Å²) in [6, 6.07) is 12.3. The second-order valence-corrected chi connectivity index (χ2v) is 7.87. The molecule has 2 aromatic rings. The molecule has 2 nitrogen and oxygen atoms in total. The third-order valence-electron chi connectivity index (χ3n) is 4.22. The van der Waals surface area contributed by atoms with Crippen LogP contribution in [0.1, 0.15) is 37.6 Å². The number of rotatable bonds is 5. The Labute approximate surface area is 128 Å². The van der Waals surface area contributed by atoms with E-state index in [1.54, 1.807) is 7.11 Å². The summed E-state index contributed by atoms with van der Waals surface area (Å²) in [6.45, 7) is 8.16. The van der Waals surface area contributed by atoms with Crippen molar-refractivity contribution in [1.29, 1.82) is 0 Å². The predicted octanol–water partition coefficient (Wildman–Crippen LogP) is 4.76. The lowest BCUT2D eigenvalue weighted by Crippen LogP contribution is -2.23. The number of hydrogen-bond acceptors (Lipinski definition) is 2. The smallest absolute Gasteiger partial charge is 0.168 e. The fourth-order valence-corrected chi connectivity index (χ4v) is 3.04. The van der Waals surface area contributed by atoms with E-state index in [2.05, 4.69) is 31.8 Å². The Morgan fingerprint density at radius 1 is 1.14 bits per heavy atom. The van der Waals surface area contributed by atoms with Crippen LogP contribution in [0, 0.1) is 5.41 Å². The maximum absolute atomic E-state index is 12.5. The van der Waals surface area contributed by atoms with Crippen molar-refractivity contribution < 1.29 is 9.32 Å². The Balaban J connectivity index is 2.42. The molecule has 0 aliphatic rings. The molecule has 0 saturated carbocycles. The zero-order valence-electron chi connectivity index (χ0n) is 13.4. The second kappa shape index (κ2) is 6.25. The molecule has 2 aromatic carbocycles. The standard InChI is InChI=1S/C18H23O2P/c1-6-18(2,3)17(19)15-8-7-14-12-16(21(5)20-4)10-9-13(14)11-15/h7-12H,6H2,1-5H3. The Morgan fingerprint density at radius 2 is 1.76 bits per heavy atom. The first-order valence-corrected chi connectivity index (χ1v) is 8.96. The molecule has 1 atom stereocenters. The average molecular weight is 302 g/mol. The minimum absolute atomic E-state index is 0.214. The lowest BCUT2D eigenvalue weighted by atomic mass is 9.81. The summed E-state index contributed by atoms with van der Waals surface area (Å²) in [7, 11) is 1.19. The van der Waals surface area contributed by atoms with Gasteiger partial charge < -0.3 is 4.52 Å². The van der Waals surface area contributed by atoms with Gasteiger partial charge in [0.05, 0.1) is 8.15 Å². The highest BCUT2D eigenvalue weighted by Crippen LogP contribution is 2.31. The molecular formula is C18H23O2P. The van der Waals surface area contributed by atoms with Gasteiger partial charge in [0.1, 0.15) is 0 Å². The molecule has 0 aliphatic heterocycles. The van der Waals surface area contributed by atoms with Gasteiger partial charge in [-0.3, -0.25) is 4.79 Å². The van der Waals surface area contributed by atoms with E-state index in [0.29, 0.717) is 0 Å². The minimum Gasteiger partial charge on any atom is -0.358 e. The van der Waals surface area contributed by atoms with Crippen LogP contribution in [-0.4, -0.2) is 19.6 Å². The Hall–Kier alpha value is -1.24. The van der Waals surface area contributed by atoms with Gasteiger partial charge in [0, 0.05) is 23.4 Å². The number of fused-ring (bicyclic) bond motifs is 1. The molecule has 3 heteroatoms. The van der Waals surface area contributed by atoms with Gasteiger partial charge >= 0.3 is 0 Å². The molecule has 0 fully saturated rings. The maximum Gasteiger partial charge on any atom is 0.168 e. The van der Waals surface area contributed by atoms with E-state index in [9.17, 15) is 4.79 Å². The molecule has 0 amide bonds. The number of benzene rings is 2. The highest BCUT2D eigenvalue weighted by molar-refractivity contribution is 7.60. The zero-order chi connectivity index (χ0) is 15.6. The van der Waals surface area contributed by atoms with E-state index in [0.717, 1.165) is 22.8 Å². The van der Waals surface area contributed by atoms with Gasteiger partial charge in [-0.2, -0.15) is 0 Å². The van der Waals surface area contributed by atoms with Crippen LogP contribution in [0.2, 0.25) is 0 Å². The SMILES string of the molecule is CCC(C)(C)C(=O)c1ccc2cc(P(C)OC)ccc2c1. The monoisotopic (exact) mass is 302 g/mol. The fourth-order valence-electron chi connectivity index (χ4n) is 2.23. The number of carbonyl (C=O) groups excluding carboxylic acids is 1. The van der Waals surface area contributed by atoms with E-state index in [4.69, 9.17) is 4.52 Å². The second-order valence-electron chi connectivity index (χ2n) is 5.99. The Morgan fingerprint density at radius 3 is 2.38 bits per heavy atom. The normalized spacial score (nSPS) is 13.4. The molecule has 21 heavy (non-hydrogen) atoms. The van der Waals surface area contributed by atoms with Crippen molar-refractivity contribution in [3.63, 3.8) is 0 Å². The van der Waals surface area contributed by atoms with Crippen LogP contribution in [0.25, 0.3) is 10.8 Å². The van der Waals surface area contributed by atoms with Crippen LogP contribution in [-0.2, 0) is 4.52 Å². The van der Waals surface area contributed by atoms with Crippen molar-refractivity contribution in [1.82, 2.24) is 0 Å². The first-order chi connectivity index (χ1) is 9.89. The van der Waals surface area contributed by atoms with Crippen LogP contribution in [0.5, 0.6) is 0 Å². The third kappa shape index (κ3) is 3.33. The largest absolute Gasteiger partial charge is 0.358 e. The van der Waals surface area contributed by atoms with Gasteiger partial charge in [0.15, 0.2) is 5.78 Å². The van der Waals surface area contributed by atoms with E-state index < -0.39 is 8.15 Å².